The summed E-state index contributed by atoms with van der Waals surface area (Å²) in [5, 5.41) is 7.63. The minimum atomic E-state index is 0.469. The average molecular weight is 416 g/mol. The van der Waals surface area contributed by atoms with Gasteiger partial charge in [0.2, 0.25) is 5.95 Å². The highest BCUT2D eigenvalue weighted by molar-refractivity contribution is 5.90. The van der Waals surface area contributed by atoms with Crippen molar-refractivity contribution in [2.45, 2.75) is 6.54 Å². The Hall–Kier alpha value is -4.00. The van der Waals surface area contributed by atoms with Crippen LogP contribution in [0.1, 0.15) is 5.56 Å². The summed E-state index contributed by atoms with van der Waals surface area (Å²) in [6, 6.07) is 21.3. The standard InChI is InChI=1S/C24H24N4O3/c1-29-18-12-17(13-19(14-18)30-2)26-24-27-21-10-6-5-9-20(21)23(28-24)25-15-16-8-4-7-11-22(16)31-3/h4-14H,15H2,1-3H3,(H2,25,26,27,28). The first-order chi connectivity index (χ1) is 15.2. The van der Waals surface area contributed by atoms with Crippen molar-refractivity contribution >= 4 is 28.4 Å². The van der Waals surface area contributed by atoms with Gasteiger partial charge in [0.25, 0.3) is 0 Å². The predicted molar refractivity (Wildman–Crippen MR) is 123 cm³/mol. The summed E-state index contributed by atoms with van der Waals surface area (Å²) in [5.41, 5.74) is 2.64. The Kier molecular flexibility index (Phi) is 6.03. The normalized spacial score (nSPS) is 10.5. The van der Waals surface area contributed by atoms with E-state index in [-0.39, 0.29) is 0 Å². The van der Waals surface area contributed by atoms with Crippen LogP contribution in [0.2, 0.25) is 0 Å². The molecule has 0 saturated heterocycles. The summed E-state index contributed by atoms with van der Waals surface area (Å²) in [4.78, 5) is 9.38. The van der Waals surface area contributed by atoms with Crippen LogP contribution in [-0.4, -0.2) is 31.3 Å². The van der Waals surface area contributed by atoms with E-state index in [0.29, 0.717) is 24.0 Å². The van der Waals surface area contributed by atoms with E-state index in [1.54, 1.807) is 21.3 Å². The molecule has 2 N–H and O–H groups in total. The number of methoxy groups -OCH3 is 3. The lowest BCUT2D eigenvalue weighted by Crippen LogP contribution is -2.06. The number of hydrogen-bond acceptors (Lipinski definition) is 7. The van der Waals surface area contributed by atoms with Crippen molar-refractivity contribution in [2.75, 3.05) is 32.0 Å². The van der Waals surface area contributed by atoms with Crippen LogP contribution in [0.4, 0.5) is 17.5 Å². The van der Waals surface area contributed by atoms with Crippen LogP contribution in [-0.2, 0) is 6.54 Å². The topological polar surface area (TPSA) is 77.5 Å². The zero-order chi connectivity index (χ0) is 21.6. The van der Waals surface area contributed by atoms with Gasteiger partial charge in [0, 0.05) is 41.4 Å². The third-order valence-electron chi connectivity index (χ3n) is 4.85. The molecule has 4 rings (SSSR count). The van der Waals surface area contributed by atoms with E-state index >= 15 is 0 Å². The Morgan fingerprint density at radius 2 is 1.48 bits per heavy atom. The number of aromatic nitrogens is 2. The lowest BCUT2D eigenvalue weighted by Gasteiger charge is -2.14. The van der Waals surface area contributed by atoms with Crippen LogP contribution in [0.3, 0.4) is 0 Å². The van der Waals surface area contributed by atoms with Crippen LogP contribution >= 0.6 is 0 Å². The van der Waals surface area contributed by atoms with Crippen molar-refractivity contribution in [1.82, 2.24) is 9.97 Å². The second-order valence-corrected chi connectivity index (χ2v) is 6.80. The Morgan fingerprint density at radius 1 is 0.774 bits per heavy atom. The van der Waals surface area contributed by atoms with Crippen LogP contribution in [0.25, 0.3) is 10.9 Å². The Bertz CT molecular complexity index is 1170. The van der Waals surface area contributed by atoms with Gasteiger partial charge < -0.3 is 24.8 Å². The number of para-hydroxylation sites is 2. The summed E-state index contributed by atoms with van der Waals surface area (Å²) in [5.74, 6) is 3.38. The number of ether oxygens (including phenoxy) is 3. The minimum absolute atomic E-state index is 0.469. The number of benzene rings is 3. The molecule has 1 aromatic heterocycles. The predicted octanol–water partition coefficient (Wildman–Crippen LogP) is 5.01. The van der Waals surface area contributed by atoms with Gasteiger partial charge in [-0.15, -0.1) is 0 Å². The molecule has 0 spiro atoms. The van der Waals surface area contributed by atoms with Gasteiger partial charge in [0.15, 0.2) is 0 Å². The van der Waals surface area contributed by atoms with Crippen molar-refractivity contribution in [2.24, 2.45) is 0 Å². The zero-order valence-electron chi connectivity index (χ0n) is 17.7. The average Bonchev–Trinajstić information content (AvgIpc) is 2.82. The maximum absolute atomic E-state index is 5.46. The molecule has 0 radical (unpaired) electrons. The summed E-state index contributed by atoms with van der Waals surface area (Å²) >= 11 is 0. The molecule has 0 bridgehead atoms. The van der Waals surface area contributed by atoms with Gasteiger partial charge in [-0.3, -0.25) is 0 Å². The van der Waals surface area contributed by atoms with Crippen molar-refractivity contribution in [1.29, 1.82) is 0 Å². The molecule has 4 aromatic rings. The van der Waals surface area contributed by atoms with Gasteiger partial charge >= 0.3 is 0 Å². The van der Waals surface area contributed by atoms with E-state index < -0.39 is 0 Å². The van der Waals surface area contributed by atoms with E-state index in [1.807, 2.05) is 66.7 Å². The molecular formula is C24H24N4O3. The molecule has 0 atom stereocenters. The SMILES string of the molecule is COc1cc(Nc2nc(NCc3ccccc3OC)c3ccccc3n2)cc(OC)c1. The number of nitrogens with zero attached hydrogens (tertiary/aromatic N) is 2. The van der Waals surface area contributed by atoms with Crippen LogP contribution < -0.4 is 24.8 Å². The summed E-state index contributed by atoms with van der Waals surface area (Å²) in [6.07, 6.45) is 0. The van der Waals surface area contributed by atoms with E-state index in [1.165, 1.54) is 0 Å². The van der Waals surface area contributed by atoms with Crippen molar-refractivity contribution in [3.63, 3.8) is 0 Å². The number of rotatable bonds is 8. The number of anilines is 3. The molecule has 31 heavy (non-hydrogen) atoms. The monoisotopic (exact) mass is 416 g/mol. The molecule has 0 aliphatic heterocycles. The molecule has 158 valence electrons. The molecule has 0 fully saturated rings. The lowest BCUT2D eigenvalue weighted by molar-refractivity contribution is 0.395. The summed E-state index contributed by atoms with van der Waals surface area (Å²) in [7, 11) is 4.90. The Balaban J connectivity index is 1.67. The van der Waals surface area contributed by atoms with Crippen molar-refractivity contribution < 1.29 is 14.2 Å². The van der Waals surface area contributed by atoms with E-state index in [0.717, 1.165) is 33.7 Å². The maximum Gasteiger partial charge on any atom is 0.229 e. The zero-order valence-corrected chi connectivity index (χ0v) is 17.7. The molecule has 0 amide bonds. The largest absolute Gasteiger partial charge is 0.497 e. The second kappa shape index (κ2) is 9.21. The van der Waals surface area contributed by atoms with E-state index in [9.17, 15) is 0 Å². The van der Waals surface area contributed by atoms with Gasteiger partial charge in [-0.05, 0) is 18.2 Å². The quantitative estimate of drug-likeness (QED) is 0.418. The minimum Gasteiger partial charge on any atom is -0.497 e. The molecule has 0 aliphatic carbocycles. The third-order valence-corrected chi connectivity index (χ3v) is 4.85. The molecule has 3 aromatic carbocycles. The van der Waals surface area contributed by atoms with Crippen LogP contribution in [0.15, 0.2) is 66.7 Å². The highest BCUT2D eigenvalue weighted by Gasteiger charge is 2.10. The fraction of sp³-hybridized carbons (Fsp3) is 0.167. The molecule has 1 heterocycles. The smallest absolute Gasteiger partial charge is 0.229 e. The first-order valence-corrected chi connectivity index (χ1v) is 9.83. The maximum atomic E-state index is 5.46. The molecule has 0 aliphatic rings. The van der Waals surface area contributed by atoms with E-state index in [4.69, 9.17) is 19.2 Å². The van der Waals surface area contributed by atoms with E-state index in [2.05, 4.69) is 15.6 Å². The number of hydrogen-bond donors (Lipinski definition) is 2. The fourth-order valence-corrected chi connectivity index (χ4v) is 3.30. The summed E-state index contributed by atoms with van der Waals surface area (Å²) in [6.45, 7) is 0.567. The van der Waals surface area contributed by atoms with Crippen molar-refractivity contribution in [3.8, 4) is 17.2 Å². The molecule has 0 saturated carbocycles. The first-order valence-electron chi connectivity index (χ1n) is 9.83. The van der Waals surface area contributed by atoms with Gasteiger partial charge in [0.1, 0.15) is 23.1 Å². The highest BCUT2D eigenvalue weighted by atomic mass is 16.5. The van der Waals surface area contributed by atoms with Gasteiger partial charge in [0.05, 0.1) is 26.8 Å². The summed E-state index contributed by atoms with van der Waals surface area (Å²) < 4.78 is 16.2. The van der Waals surface area contributed by atoms with Gasteiger partial charge in [-0.1, -0.05) is 30.3 Å². The Labute approximate surface area is 181 Å². The number of nitrogens with one attached hydrogen (secondary N) is 2. The molecular weight excluding hydrogens is 392 g/mol. The number of fused-ring (bicyclic) bond motifs is 1. The van der Waals surface area contributed by atoms with Crippen molar-refractivity contribution in [3.05, 3.63) is 72.3 Å². The lowest BCUT2D eigenvalue weighted by atomic mass is 10.2. The molecule has 7 nitrogen and oxygen atoms in total. The molecule has 0 unspecified atom stereocenters. The first kappa shape index (κ1) is 20.3. The fourth-order valence-electron chi connectivity index (χ4n) is 3.30. The third kappa shape index (κ3) is 4.61. The highest BCUT2D eigenvalue weighted by Crippen LogP contribution is 2.29. The second-order valence-electron chi connectivity index (χ2n) is 6.80. The van der Waals surface area contributed by atoms with Gasteiger partial charge in [-0.2, -0.15) is 4.98 Å². The van der Waals surface area contributed by atoms with Crippen LogP contribution in [0.5, 0.6) is 17.2 Å². The van der Waals surface area contributed by atoms with Gasteiger partial charge in [-0.25, -0.2) is 4.98 Å². The molecule has 7 heteroatoms. The Morgan fingerprint density at radius 3 is 2.23 bits per heavy atom. The van der Waals surface area contributed by atoms with Crippen LogP contribution in [0, 0.1) is 0 Å².